The zero-order valence-corrected chi connectivity index (χ0v) is 13.7. The molecule has 0 fully saturated rings. The van der Waals surface area contributed by atoms with Crippen molar-refractivity contribution in [1.82, 2.24) is 10.3 Å². The highest BCUT2D eigenvalue weighted by atomic mass is 35.5. The summed E-state index contributed by atoms with van der Waals surface area (Å²) in [5.41, 5.74) is 1.64. The third-order valence-corrected chi connectivity index (χ3v) is 4.61. The molecule has 0 bridgehead atoms. The first-order valence-corrected chi connectivity index (χ1v) is 8.39. The van der Waals surface area contributed by atoms with Crippen LogP contribution in [0.15, 0.2) is 47.6 Å². The van der Waals surface area contributed by atoms with E-state index in [-0.39, 0.29) is 18.4 Å². The Balaban J connectivity index is 1.63. The van der Waals surface area contributed by atoms with Crippen LogP contribution in [0.3, 0.4) is 0 Å². The first-order valence-electron chi connectivity index (χ1n) is 7.03. The molecular formula is C16H14ClN3O2S. The molecule has 0 unspecified atom stereocenters. The molecule has 23 heavy (non-hydrogen) atoms. The van der Waals surface area contributed by atoms with Crippen LogP contribution in [0.25, 0.3) is 0 Å². The summed E-state index contributed by atoms with van der Waals surface area (Å²) >= 11 is 7.22. The minimum Gasteiger partial charge on any atom is -0.350 e. The zero-order valence-electron chi connectivity index (χ0n) is 12.2. The van der Waals surface area contributed by atoms with E-state index in [0.29, 0.717) is 23.0 Å². The first-order chi connectivity index (χ1) is 11.1. The molecule has 1 aliphatic rings. The largest absolute Gasteiger partial charge is 0.350 e. The maximum Gasteiger partial charge on any atom is 0.240 e. The topological polar surface area (TPSA) is 62.3 Å². The van der Waals surface area contributed by atoms with Crippen LogP contribution < -0.4 is 10.2 Å². The number of anilines is 1. The average Bonchev–Trinajstić information content (AvgIpc) is 2.57. The summed E-state index contributed by atoms with van der Waals surface area (Å²) in [6.07, 6.45) is 1.68. The second-order valence-electron chi connectivity index (χ2n) is 5.00. The number of nitrogens with zero attached hydrogens (tertiary/aromatic N) is 2. The molecule has 0 atom stereocenters. The summed E-state index contributed by atoms with van der Waals surface area (Å²) in [6.45, 7) is 0.387. The van der Waals surface area contributed by atoms with Gasteiger partial charge in [0.05, 0.1) is 11.4 Å². The van der Waals surface area contributed by atoms with E-state index in [1.165, 1.54) is 16.7 Å². The molecule has 1 aromatic heterocycles. The highest BCUT2D eigenvalue weighted by Gasteiger charge is 2.26. The van der Waals surface area contributed by atoms with Gasteiger partial charge in [0.15, 0.2) is 0 Å². The summed E-state index contributed by atoms with van der Waals surface area (Å²) in [6, 6.07) is 10.8. The van der Waals surface area contributed by atoms with Crippen LogP contribution in [0.5, 0.6) is 0 Å². The summed E-state index contributed by atoms with van der Waals surface area (Å²) in [7, 11) is 0. The van der Waals surface area contributed by atoms with Gasteiger partial charge in [0, 0.05) is 17.8 Å². The lowest BCUT2D eigenvalue weighted by molar-refractivity contribution is -0.123. The van der Waals surface area contributed by atoms with Crippen LogP contribution in [-0.4, -0.2) is 29.1 Å². The van der Waals surface area contributed by atoms with Crippen molar-refractivity contribution in [3.8, 4) is 0 Å². The van der Waals surface area contributed by atoms with Crippen LogP contribution in [0.4, 0.5) is 5.69 Å². The fourth-order valence-corrected chi connectivity index (χ4v) is 3.22. The number of fused-ring (bicyclic) bond motifs is 1. The van der Waals surface area contributed by atoms with Crippen molar-refractivity contribution in [2.24, 2.45) is 0 Å². The quantitative estimate of drug-likeness (QED) is 0.923. The second-order valence-corrected chi connectivity index (χ2v) is 6.40. The zero-order chi connectivity index (χ0) is 16.2. The van der Waals surface area contributed by atoms with E-state index in [4.69, 9.17) is 11.6 Å². The predicted octanol–water partition coefficient (Wildman–Crippen LogP) is 2.49. The molecule has 0 spiro atoms. The van der Waals surface area contributed by atoms with Gasteiger partial charge >= 0.3 is 0 Å². The van der Waals surface area contributed by atoms with Gasteiger partial charge in [-0.25, -0.2) is 4.98 Å². The van der Waals surface area contributed by atoms with Gasteiger partial charge in [-0.2, -0.15) is 0 Å². The van der Waals surface area contributed by atoms with Gasteiger partial charge in [-0.15, -0.1) is 0 Å². The summed E-state index contributed by atoms with van der Waals surface area (Å²) in [4.78, 5) is 30.0. The molecule has 2 heterocycles. The Morgan fingerprint density at radius 2 is 2.09 bits per heavy atom. The van der Waals surface area contributed by atoms with E-state index < -0.39 is 0 Å². The normalized spacial score (nSPS) is 13.6. The van der Waals surface area contributed by atoms with E-state index in [9.17, 15) is 9.59 Å². The Labute approximate surface area is 143 Å². The molecule has 1 aromatic carbocycles. The number of benzene rings is 1. The molecule has 0 saturated carbocycles. The molecule has 2 amide bonds. The summed E-state index contributed by atoms with van der Waals surface area (Å²) < 4.78 is 0. The Kier molecular flexibility index (Phi) is 4.83. The van der Waals surface area contributed by atoms with Crippen LogP contribution in [0.1, 0.15) is 5.56 Å². The molecule has 0 aliphatic carbocycles. The maximum absolute atomic E-state index is 12.1. The number of rotatable bonds is 4. The third-order valence-electron chi connectivity index (χ3n) is 3.38. The molecule has 1 N–H and O–H groups in total. The fourth-order valence-electron chi connectivity index (χ4n) is 2.22. The van der Waals surface area contributed by atoms with Crippen molar-refractivity contribution in [1.29, 1.82) is 0 Å². The minimum absolute atomic E-state index is 0.00826. The first kappa shape index (κ1) is 15.8. The summed E-state index contributed by atoms with van der Waals surface area (Å²) in [5.74, 6) is 0.00114. The van der Waals surface area contributed by atoms with E-state index >= 15 is 0 Å². The Morgan fingerprint density at radius 1 is 1.30 bits per heavy atom. The van der Waals surface area contributed by atoms with Gasteiger partial charge in [0.25, 0.3) is 0 Å². The monoisotopic (exact) mass is 347 g/mol. The smallest absolute Gasteiger partial charge is 0.240 e. The predicted molar refractivity (Wildman–Crippen MR) is 90.6 cm³/mol. The maximum atomic E-state index is 12.1. The van der Waals surface area contributed by atoms with Gasteiger partial charge in [-0.05, 0) is 29.8 Å². The number of carbonyl (C=O) groups is 2. The van der Waals surface area contributed by atoms with Crippen LogP contribution in [0, 0.1) is 0 Å². The Bertz CT molecular complexity index is 736. The lowest BCUT2D eigenvalue weighted by atomic mass is 10.2. The number of nitrogens with one attached hydrogen (secondary N) is 1. The van der Waals surface area contributed by atoms with Gasteiger partial charge < -0.3 is 5.32 Å². The molecule has 2 aromatic rings. The molecule has 5 nitrogen and oxygen atoms in total. The number of hydrogen-bond donors (Lipinski definition) is 1. The molecule has 7 heteroatoms. The van der Waals surface area contributed by atoms with E-state index in [1.54, 1.807) is 30.5 Å². The van der Waals surface area contributed by atoms with Crippen LogP contribution in [-0.2, 0) is 16.1 Å². The number of pyridine rings is 1. The summed E-state index contributed by atoms with van der Waals surface area (Å²) in [5, 5.41) is 4.24. The fraction of sp³-hybridized carbons (Fsp3) is 0.188. The minimum atomic E-state index is -0.213. The van der Waals surface area contributed by atoms with Crippen molar-refractivity contribution >= 4 is 40.9 Å². The highest BCUT2D eigenvalue weighted by molar-refractivity contribution is 8.00. The number of amides is 2. The molecule has 3 rings (SSSR count). The van der Waals surface area contributed by atoms with E-state index in [1.807, 2.05) is 12.1 Å². The Hall–Kier alpha value is -2.05. The molecule has 0 radical (unpaired) electrons. The van der Waals surface area contributed by atoms with Crippen LogP contribution in [0.2, 0.25) is 5.02 Å². The number of halogens is 1. The van der Waals surface area contributed by atoms with Gasteiger partial charge in [0.2, 0.25) is 11.8 Å². The van der Waals surface area contributed by atoms with Crippen LogP contribution >= 0.6 is 23.4 Å². The standard InChI is InChI=1S/C16H14ClN3O2S/c17-12-5-3-11(4-6-12)8-19-14(21)9-20-13-2-1-7-18-16(13)23-10-15(20)22/h1-7H,8-10H2,(H,19,21). The van der Waals surface area contributed by atoms with E-state index in [0.717, 1.165) is 10.6 Å². The average molecular weight is 348 g/mol. The van der Waals surface area contributed by atoms with Crippen molar-refractivity contribution in [3.63, 3.8) is 0 Å². The molecule has 118 valence electrons. The molecule has 1 aliphatic heterocycles. The number of aromatic nitrogens is 1. The molecule has 0 saturated heterocycles. The van der Waals surface area contributed by atoms with Crippen molar-refractivity contribution in [3.05, 3.63) is 53.2 Å². The third kappa shape index (κ3) is 3.83. The number of carbonyl (C=O) groups excluding carboxylic acids is 2. The van der Waals surface area contributed by atoms with Crippen molar-refractivity contribution < 1.29 is 9.59 Å². The molecular weight excluding hydrogens is 334 g/mol. The van der Waals surface area contributed by atoms with Gasteiger partial charge in [-0.3, -0.25) is 14.5 Å². The lowest BCUT2D eigenvalue weighted by Crippen LogP contribution is -2.43. The highest BCUT2D eigenvalue weighted by Crippen LogP contribution is 2.32. The lowest BCUT2D eigenvalue weighted by Gasteiger charge is -2.27. The van der Waals surface area contributed by atoms with Crippen molar-refractivity contribution in [2.45, 2.75) is 11.6 Å². The Morgan fingerprint density at radius 3 is 2.87 bits per heavy atom. The number of hydrogen-bond acceptors (Lipinski definition) is 4. The van der Waals surface area contributed by atoms with Crippen molar-refractivity contribution in [2.75, 3.05) is 17.2 Å². The second kappa shape index (κ2) is 7.02. The SMILES string of the molecule is O=C(CN1C(=O)CSc2ncccc21)NCc1ccc(Cl)cc1. The number of thioether (sulfide) groups is 1. The van der Waals surface area contributed by atoms with Gasteiger partial charge in [0.1, 0.15) is 11.6 Å². The van der Waals surface area contributed by atoms with Gasteiger partial charge in [-0.1, -0.05) is 35.5 Å². The van der Waals surface area contributed by atoms with E-state index in [2.05, 4.69) is 10.3 Å².